The number of ether oxygens (including phenoxy) is 2. The maximum Gasteiger partial charge on any atom is 0.264 e. The molecule has 0 amide bonds. The van der Waals surface area contributed by atoms with E-state index in [0.29, 0.717) is 24.3 Å². The number of hydrogen-bond donors (Lipinski definition) is 1. The summed E-state index contributed by atoms with van der Waals surface area (Å²) >= 11 is 0. The van der Waals surface area contributed by atoms with E-state index < -0.39 is 10.1 Å². The van der Waals surface area contributed by atoms with Crippen LogP contribution in [0.25, 0.3) is 0 Å². The second-order valence-corrected chi connectivity index (χ2v) is 7.11. The van der Waals surface area contributed by atoms with Gasteiger partial charge in [-0.15, -0.1) is 0 Å². The zero-order valence-corrected chi connectivity index (χ0v) is 14.6. The Bertz CT molecular complexity index is 756. The quantitative estimate of drug-likeness (QED) is 0.740. The first-order valence-corrected chi connectivity index (χ1v) is 9.25. The van der Waals surface area contributed by atoms with Crippen LogP contribution in [-0.2, 0) is 16.5 Å². The van der Waals surface area contributed by atoms with Gasteiger partial charge in [-0.25, -0.2) is 0 Å². The fraction of sp³-hybridized carbons (Fsp3) is 0.333. The molecular weight excluding hydrogens is 328 g/mol. The van der Waals surface area contributed by atoms with Gasteiger partial charge in [0.15, 0.2) is 11.5 Å². The second-order valence-electron chi connectivity index (χ2n) is 5.54. The highest BCUT2D eigenvalue weighted by Gasteiger charge is 2.19. The molecule has 2 rings (SSSR count). The molecule has 0 saturated heterocycles. The van der Waals surface area contributed by atoms with Crippen LogP contribution < -0.4 is 9.47 Å². The van der Waals surface area contributed by atoms with Gasteiger partial charge in [-0.05, 0) is 36.0 Å². The molecule has 6 heteroatoms. The highest BCUT2D eigenvalue weighted by atomic mass is 32.2. The van der Waals surface area contributed by atoms with Gasteiger partial charge in [0.05, 0.1) is 20.0 Å². The van der Waals surface area contributed by atoms with Gasteiger partial charge < -0.3 is 9.47 Å². The molecule has 0 spiro atoms. The normalized spacial score (nSPS) is 12.6. The van der Waals surface area contributed by atoms with Gasteiger partial charge in [-0.3, -0.25) is 4.55 Å². The molecule has 2 aromatic rings. The van der Waals surface area contributed by atoms with Crippen LogP contribution in [0.4, 0.5) is 0 Å². The zero-order chi connectivity index (χ0) is 17.6. The molecule has 130 valence electrons. The molecule has 24 heavy (non-hydrogen) atoms. The molecule has 1 N–H and O–H groups in total. The van der Waals surface area contributed by atoms with Crippen LogP contribution in [0.3, 0.4) is 0 Å². The Morgan fingerprint density at radius 2 is 1.71 bits per heavy atom. The number of hydrogen-bond acceptors (Lipinski definition) is 4. The van der Waals surface area contributed by atoms with Crippen LogP contribution >= 0.6 is 0 Å². The molecular formula is C18H22O5S. The van der Waals surface area contributed by atoms with Gasteiger partial charge in [0, 0.05) is 0 Å². The molecule has 0 bridgehead atoms. The van der Waals surface area contributed by atoms with Crippen molar-refractivity contribution in [2.45, 2.75) is 18.8 Å². The molecule has 5 nitrogen and oxygen atoms in total. The molecule has 0 aliphatic carbocycles. The molecule has 2 aromatic carbocycles. The van der Waals surface area contributed by atoms with E-state index in [0.717, 1.165) is 11.1 Å². The fourth-order valence-corrected chi connectivity index (χ4v) is 3.37. The van der Waals surface area contributed by atoms with E-state index in [1.807, 2.05) is 48.5 Å². The first-order valence-electron chi connectivity index (χ1n) is 7.64. The molecule has 0 fully saturated rings. The maximum atomic E-state index is 11.2. The molecule has 1 atom stereocenters. The van der Waals surface area contributed by atoms with E-state index in [1.54, 1.807) is 14.2 Å². The van der Waals surface area contributed by atoms with E-state index in [9.17, 15) is 8.42 Å². The summed E-state index contributed by atoms with van der Waals surface area (Å²) in [7, 11) is -0.845. The van der Waals surface area contributed by atoms with Crippen molar-refractivity contribution in [1.29, 1.82) is 0 Å². The summed E-state index contributed by atoms with van der Waals surface area (Å²) in [5, 5.41) is 0. The minimum Gasteiger partial charge on any atom is -0.493 e. The zero-order valence-electron chi connectivity index (χ0n) is 13.8. The number of benzene rings is 2. The number of methoxy groups -OCH3 is 2. The molecule has 1 unspecified atom stereocenters. The average Bonchev–Trinajstić information content (AvgIpc) is 2.58. The van der Waals surface area contributed by atoms with Gasteiger partial charge in [-0.2, -0.15) is 8.42 Å². The summed E-state index contributed by atoms with van der Waals surface area (Å²) in [4.78, 5) is 0. The predicted molar refractivity (Wildman–Crippen MR) is 93.5 cm³/mol. The Kier molecular flexibility index (Phi) is 6.23. The van der Waals surface area contributed by atoms with Crippen LogP contribution in [0.15, 0.2) is 48.5 Å². The Hall–Kier alpha value is -2.05. The predicted octanol–water partition coefficient (Wildman–Crippen LogP) is 3.31. The number of rotatable bonds is 8. The van der Waals surface area contributed by atoms with Crippen molar-refractivity contribution in [3.8, 4) is 11.5 Å². The van der Waals surface area contributed by atoms with Crippen LogP contribution in [0.1, 0.15) is 23.5 Å². The van der Waals surface area contributed by atoms with Crippen molar-refractivity contribution >= 4 is 10.1 Å². The Morgan fingerprint density at radius 3 is 2.29 bits per heavy atom. The number of para-hydroxylation sites is 1. The van der Waals surface area contributed by atoms with E-state index >= 15 is 0 Å². The lowest BCUT2D eigenvalue weighted by Crippen LogP contribution is -2.12. The minimum absolute atomic E-state index is 0.0610. The largest absolute Gasteiger partial charge is 0.493 e. The first-order chi connectivity index (χ1) is 11.4. The maximum absolute atomic E-state index is 11.2. The summed E-state index contributed by atoms with van der Waals surface area (Å²) in [5.74, 6) is 0.942. The summed E-state index contributed by atoms with van der Waals surface area (Å²) < 4.78 is 42.2. The lowest BCUT2D eigenvalue weighted by atomic mass is 9.89. The second kappa shape index (κ2) is 8.17. The molecule has 0 aromatic heterocycles. The summed E-state index contributed by atoms with van der Waals surface area (Å²) in [6, 6.07) is 15.3. The van der Waals surface area contributed by atoms with Crippen LogP contribution in [0.2, 0.25) is 0 Å². The standard InChI is InChI=1S/C18H22O5S/c1-22-17-10-6-9-16(18(17)23-2)13-15(11-12-24(19,20)21)14-7-4-3-5-8-14/h3-10,15H,11-13H2,1-2H3,(H,19,20,21). The third kappa shape index (κ3) is 4.97. The SMILES string of the molecule is COc1cccc(CC(CCS(=O)(=O)O)c2ccccc2)c1OC. The molecule has 0 saturated carbocycles. The van der Waals surface area contributed by atoms with Crippen molar-refractivity contribution in [2.75, 3.05) is 20.0 Å². The lowest BCUT2D eigenvalue weighted by Gasteiger charge is -2.19. The van der Waals surface area contributed by atoms with Gasteiger partial charge in [0.25, 0.3) is 10.1 Å². The Balaban J connectivity index is 2.32. The van der Waals surface area contributed by atoms with Crippen molar-refractivity contribution in [3.05, 3.63) is 59.7 Å². The van der Waals surface area contributed by atoms with Crippen LogP contribution in [-0.4, -0.2) is 32.9 Å². The summed E-state index contributed by atoms with van der Waals surface area (Å²) in [6.07, 6.45) is 0.906. The van der Waals surface area contributed by atoms with Gasteiger partial charge in [0.1, 0.15) is 0 Å². The fourth-order valence-electron chi connectivity index (χ4n) is 2.78. The third-order valence-electron chi connectivity index (χ3n) is 3.95. The average molecular weight is 350 g/mol. The van der Waals surface area contributed by atoms with Crippen LogP contribution in [0.5, 0.6) is 11.5 Å². The minimum atomic E-state index is -4.00. The van der Waals surface area contributed by atoms with E-state index in [1.165, 1.54) is 0 Å². The van der Waals surface area contributed by atoms with E-state index in [-0.39, 0.29) is 11.7 Å². The van der Waals surface area contributed by atoms with Gasteiger partial charge in [0.2, 0.25) is 0 Å². The summed E-state index contributed by atoms with van der Waals surface area (Å²) in [6.45, 7) is 0. The van der Waals surface area contributed by atoms with Crippen molar-refractivity contribution in [1.82, 2.24) is 0 Å². The smallest absolute Gasteiger partial charge is 0.264 e. The van der Waals surface area contributed by atoms with Crippen molar-refractivity contribution in [3.63, 3.8) is 0 Å². The molecule has 0 heterocycles. The summed E-state index contributed by atoms with van der Waals surface area (Å²) in [5.41, 5.74) is 1.95. The highest BCUT2D eigenvalue weighted by Crippen LogP contribution is 2.35. The third-order valence-corrected chi connectivity index (χ3v) is 4.70. The molecule has 0 aliphatic heterocycles. The molecule has 0 radical (unpaired) electrons. The van der Waals surface area contributed by atoms with Crippen LogP contribution in [0, 0.1) is 0 Å². The van der Waals surface area contributed by atoms with Gasteiger partial charge >= 0.3 is 0 Å². The Morgan fingerprint density at radius 1 is 1.00 bits per heavy atom. The van der Waals surface area contributed by atoms with E-state index in [4.69, 9.17) is 14.0 Å². The topological polar surface area (TPSA) is 72.8 Å². The Labute approximate surface area is 143 Å². The lowest BCUT2D eigenvalue weighted by molar-refractivity contribution is 0.350. The van der Waals surface area contributed by atoms with Crippen molar-refractivity contribution < 1.29 is 22.4 Å². The van der Waals surface area contributed by atoms with Gasteiger partial charge in [-0.1, -0.05) is 42.5 Å². The molecule has 0 aliphatic rings. The van der Waals surface area contributed by atoms with Crippen molar-refractivity contribution in [2.24, 2.45) is 0 Å². The monoisotopic (exact) mass is 350 g/mol. The van der Waals surface area contributed by atoms with E-state index in [2.05, 4.69) is 0 Å². The highest BCUT2D eigenvalue weighted by molar-refractivity contribution is 7.85. The first kappa shape index (κ1) is 18.3.